The second kappa shape index (κ2) is 5.74. The van der Waals surface area contributed by atoms with Crippen LogP contribution in [0.25, 0.3) is 0 Å². The van der Waals surface area contributed by atoms with E-state index in [0.717, 1.165) is 0 Å². The molecule has 2 N–H and O–H groups in total. The van der Waals surface area contributed by atoms with Gasteiger partial charge < -0.3 is 10.1 Å². The first kappa shape index (κ1) is 14.1. The number of methoxy groups -OCH3 is 1. The third kappa shape index (κ3) is 3.15. The summed E-state index contributed by atoms with van der Waals surface area (Å²) in [5.41, 5.74) is 0.350. The van der Waals surface area contributed by atoms with Crippen LogP contribution in [0.15, 0.2) is 41.6 Å². The van der Waals surface area contributed by atoms with Crippen LogP contribution >= 0.6 is 0 Å². The maximum absolute atomic E-state index is 12.1. The molecule has 0 saturated carbocycles. The van der Waals surface area contributed by atoms with Gasteiger partial charge in [-0.2, -0.15) is 0 Å². The van der Waals surface area contributed by atoms with Gasteiger partial charge in [0, 0.05) is 19.3 Å². The zero-order valence-corrected chi connectivity index (χ0v) is 11.8. The van der Waals surface area contributed by atoms with Crippen molar-refractivity contribution in [1.29, 1.82) is 0 Å². The molecule has 20 heavy (non-hydrogen) atoms. The lowest BCUT2D eigenvalue weighted by Crippen LogP contribution is -2.13. The zero-order valence-electron chi connectivity index (χ0n) is 11.0. The molecule has 0 aromatic carbocycles. The molecule has 0 spiro atoms. The van der Waals surface area contributed by atoms with Crippen molar-refractivity contribution in [3.8, 4) is 5.88 Å². The van der Waals surface area contributed by atoms with Gasteiger partial charge in [-0.1, -0.05) is 0 Å². The van der Waals surface area contributed by atoms with Crippen LogP contribution in [-0.2, 0) is 10.0 Å². The highest BCUT2D eigenvalue weighted by molar-refractivity contribution is 7.92. The maximum Gasteiger partial charge on any atom is 0.263 e. The molecule has 0 saturated heterocycles. The van der Waals surface area contributed by atoms with E-state index in [-0.39, 0.29) is 4.90 Å². The highest BCUT2D eigenvalue weighted by atomic mass is 32.2. The van der Waals surface area contributed by atoms with Gasteiger partial charge in [0.2, 0.25) is 5.88 Å². The molecule has 2 aromatic rings. The number of hydrogen-bond donors (Lipinski definition) is 2. The average molecular weight is 294 g/mol. The first-order valence-corrected chi connectivity index (χ1v) is 7.20. The lowest BCUT2D eigenvalue weighted by Gasteiger charge is -2.08. The summed E-state index contributed by atoms with van der Waals surface area (Å²) in [4.78, 5) is 7.97. The van der Waals surface area contributed by atoms with Gasteiger partial charge >= 0.3 is 0 Å². The predicted molar refractivity (Wildman–Crippen MR) is 75.4 cm³/mol. The molecule has 0 unspecified atom stereocenters. The van der Waals surface area contributed by atoms with Crippen LogP contribution in [0, 0.1) is 0 Å². The highest BCUT2D eigenvalue weighted by Gasteiger charge is 2.14. The first-order chi connectivity index (χ1) is 9.55. The van der Waals surface area contributed by atoms with Crippen LogP contribution in [0.4, 0.5) is 11.5 Å². The standard InChI is InChI=1S/C12H14N4O3S/c1-13-11-5-4-10(8-14-11)20(17,18)16-9-3-6-12(19-2)15-7-9/h3-8,16H,1-2H3,(H,13,14). The summed E-state index contributed by atoms with van der Waals surface area (Å²) in [6, 6.07) is 6.19. The number of anilines is 2. The van der Waals surface area contributed by atoms with Crippen molar-refractivity contribution in [3.63, 3.8) is 0 Å². The molecule has 8 heteroatoms. The molecule has 0 radical (unpaired) electrons. The SMILES string of the molecule is CNc1ccc(S(=O)(=O)Nc2ccc(OC)nc2)cn1. The topological polar surface area (TPSA) is 93.2 Å². The van der Waals surface area contributed by atoms with E-state index >= 15 is 0 Å². The number of sulfonamides is 1. The van der Waals surface area contributed by atoms with E-state index in [0.29, 0.717) is 17.4 Å². The normalized spacial score (nSPS) is 10.9. The predicted octanol–water partition coefficient (Wildman–Crippen LogP) is 1.33. The maximum atomic E-state index is 12.1. The fourth-order valence-electron chi connectivity index (χ4n) is 1.46. The Morgan fingerprint density at radius 2 is 1.90 bits per heavy atom. The molecule has 2 heterocycles. The Labute approximate surface area is 117 Å². The second-order valence-electron chi connectivity index (χ2n) is 3.82. The van der Waals surface area contributed by atoms with E-state index in [1.54, 1.807) is 25.2 Å². The molecule has 7 nitrogen and oxygen atoms in total. The number of ether oxygens (including phenoxy) is 1. The summed E-state index contributed by atoms with van der Waals surface area (Å²) in [7, 11) is -0.486. The van der Waals surface area contributed by atoms with Gasteiger partial charge in [-0.25, -0.2) is 18.4 Å². The molecule has 0 aliphatic rings. The third-order valence-electron chi connectivity index (χ3n) is 2.50. The Kier molecular flexibility index (Phi) is 4.04. The van der Waals surface area contributed by atoms with E-state index in [1.807, 2.05) is 0 Å². The molecule has 0 aliphatic heterocycles. The van der Waals surface area contributed by atoms with E-state index in [1.165, 1.54) is 25.6 Å². The number of aromatic nitrogens is 2. The number of rotatable bonds is 5. The molecule has 0 fully saturated rings. The van der Waals surface area contributed by atoms with Crippen molar-refractivity contribution in [1.82, 2.24) is 9.97 Å². The average Bonchev–Trinajstić information content (AvgIpc) is 2.48. The lowest BCUT2D eigenvalue weighted by atomic mass is 10.4. The summed E-state index contributed by atoms with van der Waals surface area (Å²) in [5, 5.41) is 2.82. The summed E-state index contributed by atoms with van der Waals surface area (Å²) < 4.78 is 31.6. The largest absolute Gasteiger partial charge is 0.481 e. The van der Waals surface area contributed by atoms with Crippen LogP contribution in [-0.4, -0.2) is 32.5 Å². The van der Waals surface area contributed by atoms with E-state index < -0.39 is 10.0 Å². The zero-order chi connectivity index (χ0) is 14.6. The first-order valence-electron chi connectivity index (χ1n) is 5.72. The van der Waals surface area contributed by atoms with Gasteiger partial charge in [-0.3, -0.25) is 4.72 Å². The van der Waals surface area contributed by atoms with Crippen molar-refractivity contribution in [2.24, 2.45) is 0 Å². The van der Waals surface area contributed by atoms with Crippen molar-refractivity contribution in [2.75, 3.05) is 24.2 Å². The summed E-state index contributed by atoms with van der Waals surface area (Å²) in [5.74, 6) is 1.00. The molecule has 0 atom stereocenters. The second-order valence-corrected chi connectivity index (χ2v) is 5.51. The number of hydrogen-bond acceptors (Lipinski definition) is 6. The van der Waals surface area contributed by atoms with E-state index in [4.69, 9.17) is 4.74 Å². The smallest absolute Gasteiger partial charge is 0.263 e. The van der Waals surface area contributed by atoms with Crippen LogP contribution in [0.5, 0.6) is 5.88 Å². The van der Waals surface area contributed by atoms with Gasteiger partial charge in [-0.15, -0.1) is 0 Å². The van der Waals surface area contributed by atoms with Crippen LogP contribution in [0.3, 0.4) is 0 Å². The quantitative estimate of drug-likeness (QED) is 0.864. The minimum atomic E-state index is -3.68. The third-order valence-corrected chi connectivity index (χ3v) is 3.87. The van der Waals surface area contributed by atoms with Crippen molar-refractivity contribution < 1.29 is 13.2 Å². The van der Waals surface area contributed by atoms with Gasteiger partial charge in [0.15, 0.2) is 0 Å². The molecule has 0 amide bonds. The number of pyridine rings is 2. The minimum Gasteiger partial charge on any atom is -0.481 e. The molecule has 0 aliphatic carbocycles. The van der Waals surface area contributed by atoms with Gasteiger partial charge in [-0.05, 0) is 18.2 Å². The van der Waals surface area contributed by atoms with Crippen LogP contribution in [0.1, 0.15) is 0 Å². The van der Waals surface area contributed by atoms with Crippen molar-refractivity contribution in [2.45, 2.75) is 4.90 Å². The molecular weight excluding hydrogens is 280 g/mol. The molecule has 2 rings (SSSR count). The fraction of sp³-hybridized carbons (Fsp3) is 0.167. The minimum absolute atomic E-state index is 0.0762. The number of nitrogens with one attached hydrogen (secondary N) is 2. The van der Waals surface area contributed by atoms with Crippen LogP contribution in [0.2, 0.25) is 0 Å². The summed E-state index contributed by atoms with van der Waals surface area (Å²) in [6.07, 6.45) is 2.66. The van der Waals surface area contributed by atoms with Gasteiger partial charge in [0.05, 0.1) is 19.0 Å². The lowest BCUT2D eigenvalue weighted by molar-refractivity contribution is 0.398. The molecule has 2 aromatic heterocycles. The monoisotopic (exact) mass is 294 g/mol. The van der Waals surface area contributed by atoms with Crippen molar-refractivity contribution in [3.05, 3.63) is 36.7 Å². The summed E-state index contributed by atoms with van der Waals surface area (Å²) in [6.45, 7) is 0. The van der Waals surface area contributed by atoms with Gasteiger partial charge in [0.1, 0.15) is 10.7 Å². The molecule has 106 valence electrons. The van der Waals surface area contributed by atoms with E-state index in [2.05, 4.69) is 20.0 Å². The highest BCUT2D eigenvalue weighted by Crippen LogP contribution is 2.17. The fourth-order valence-corrected chi connectivity index (χ4v) is 2.45. The van der Waals surface area contributed by atoms with Crippen LogP contribution < -0.4 is 14.8 Å². The Morgan fingerprint density at radius 1 is 1.10 bits per heavy atom. The van der Waals surface area contributed by atoms with Crippen molar-refractivity contribution >= 4 is 21.5 Å². The Bertz CT molecular complexity index is 669. The summed E-state index contributed by atoms with van der Waals surface area (Å²) >= 11 is 0. The Balaban J connectivity index is 2.20. The van der Waals surface area contributed by atoms with Gasteiger partial charge in [0.25, 0.3) is 10.0 Å². The molecule has 0 bridgehead atoms. The van der Waals surface area contributed by atoms with E-state index in [9.17, 15) is 8.42 Å². The Morgan fingerprint density at radius 3 is 2.40 bits per heavy atom. The molecular formula is C12H14N4O3S. The Hall–Kier alpha value is -2.35. The number of nitrogens with zero attached hydrogens (tertiary/aromatic N) is 2.